The van der Waals surface area contributed by atoms with E-state index in [1.807, 2.05) is 0 Å². The van der Waals surface area contributed by atoms with Gasteiger partial charge in [0.1, 0.15) is 29.2 Å². The maximum atomic E-state index is 13.8. The third-order valence-corrected chi connectivity index (χ3v) is 10.7. The Hall–Kier alpha value is -1.84. The summed E-state index contributed by atoms with van der Waals surface area (Å²) >= 11 is 5.92. The van der Waals surface area contributed by atoms with E-state index in [1.165, 1.54) is 35.6 Å². The van der Waals surface area contributed by atoms with Crippen LogP contribution >= 0.6 is 11.6 Å². The number of aliphatic hydroxyl groups is 1. The highest BCUT2D eigenvalue weighted by Crippen LogP contribution is 2.38. The van der Waals surface area contributed by atoms with E-state index in [4.69, 9.17) is 21.1 Å². The Morgan fingerprint density at radius 2 is 1.92 bits per heavy atom. The van der Waals surface area contributed by atoms with E-state index in [2.05, 4.69) is 10.0 Å². The quantitative estimate of drug-likeness (QED) is 0.380. The number of aliphatic hydroxyl groups excluding tert-OH is 1. The van der Waals surface area contributed by atoms with Crippen molar-refractivity contribution in [2.45, 2.75) is 46.8 Å². The van der Waals surface area contributed by atoms with Gasteiger partial charge in [-0.05, 0) is 50.6 Å². The molecular formula is C24H31ClFN3O7S2. The molecule has 2 fully saturated rings. The number of ether oxygens (including phenoxy) is 2. The molecule has 1 unspecified atom stereocenters. The van der Waals surface area contributed by atoms with Crippen molar-refractivity contribution in [2.24, 2.45) is 0 Å². The van der Waals surface area contributed by atoms with E-state index in [1.54, 1.807) is 12.1 Å². The molecule has 1 spiro atoms. The Kier molecular flexibility index (Phi) is 8.99. The lowest BCUT2D eigenvalue weighted by molar-refractivity contribution is -0.0312. The van der Waals surface area contributed by atoms with Crippen molar-refractivity contribution in [3.8, 4) is 5.75 Å². The number of hydrogen-bond acceptors (Lipinski definition) is 8. The maximum Gasteiger partial charge on any atom is 0.244 e. The number of hydrogen-bond donors (Lipinski definition) is 3. The molecule has 2 saturated heterocycles. The summed E-state index contributed by atoms with van der Waals surface area (Å²) < 4.78 is 78.9. The fourth-order valence-corrected chi connectivity index (χ4v) is 7.38. The van der Waals surface area contributed by atoms with Crippen LogP contribution in [-0.2, 0) is 24.8 Å². The molecule has 4 rings (SSSR count). The zero-order chi connectivity index (χ0) is 27.6. The minimum Gasteiger partial charge on any atom is -0.491 e. The SMILES string of the molecule is CNS(=O)(=O)c1cccc(OC[C@@H](O)CNC2COC3(CCN(S(=O)(=O)c4cccc(F)c4Cl)CC3)C2)c1. The second-order valence-corrected chi connectivity index (χ2v) is 13.6. The largest absolute Gasteiger partial charge is 0.491 e. The van der Waals surface area contributed by atoms with Gasteiger partial charge in [0.25, 0.3) is 0 Å². The number of benzene rings is 2. The zero-order valence-corrected chi connectivity index (χ0v) is 23.2. The number of rotatable bonds is 10. The Labute approximate surface area is 227 Å². The molecule has 0 bridgehead atoms. The van der Waals surface area contributed by atoms with E-state index >= 15 is 0 Å². The van der Waals surface area contributed by atoms with Crippen LogP contribution in [-0.4, -0.2) is 83.9 Å². The summed E-state index contributed by atoms with van der Waals surface area (Å²) in [7, 11) is -6.21. The van der Waals surface area contributed by atoms with Crippen LogP contribution < -0.4 is 14.8 Å². The van der Waals surface area contributed by atoms with E-state index in [-0.39, 0.29) is 42.1 Å². The van der Waals surface area contributed by atoms with Crippen molar-refractivity contribution in [1.82, 2.24) is 14.3 Å². The molecule has 2 aliphatic rings. The van der Waals surface area contributed by atoms with Gasteiger partial charge >= 0.3 is 0 Å². The predicted molar refractivity (Wildman–Crippen MR) is 139 cm³/mol. The van der Waals surface area contributed by atoms with Crippen molar-refractivity contribution >= 4 is 31.6 Å². The maximum absolute atomic E-state index is 13.8. The van der Waals surface area contributed by atoms with Gasteiger partial charge in [0.05, 0.1) is 22.1 Å². The second-order valence-electron chi connectivity index (χ2n) is 9.41. The average molecular weight is 592 g/mol. The van der Waals surface area contributed by atoms with Gasteiger partial charge < -0.3 is 19.9 Å². The van der Waals surface area contributed by atoms with Crippen LogP contribution in [0.1, 0.15) is 19.3 Å². The lowest BCUT2D eigenvalue weighted by atomic mass is 9.88. The molecule has 0 aromatic heterocycles. The minimum absolute atomic E-state index is 0.0328. The smallest absolute Gasteiger partial charge is 0.244 e. The first-order valence-corrected chi connectivity index (χ1v) is 15.4. The second kappa shape index (κ2) is 11.7. The van der Waals surface area contributed by atoms with Crippen LogP contribution in [0.2, 0.25) is 5.02 Å². The Bertz CT molecular complexity index is 1350. The Morgan fingerprint density at radius 3 is 2.63 bits per heavy atom. The molecular weight excluding hydrogens is 561 g/mol. The lowest BCUT2D eigenvalue weighted by Gasteiger charge is -2.38. The van der Waals surface area contributed by atoms with Crippen LogP contribution in [0.5, 0.6) is 5.75 Å². The molecule has 14 heteroatoms. The van der Waals surface area contributed by atoms with Crippen molar-refractivity contribution in [3.63, 3.8) is 0 Å². The van der Waals surface area contributed by atoms with Crippen LogP contribution in [0.3, 0.4) is 0 Å². The van der Waals surface area contributed by atoms with Gasteiger partial charge in [-0.25, -0.2) is 25.9 Å². The molecule has 210 valence electrons. The molecule has 2 atom stereocenters. The summed E-state index contributed by atoms with van der Waals surface area (Å²) in [6.07, 6.45) is 0.766. The third-order valence-electron chi connectivity index (χ3n) is 6.85. The van der Waals surface area contributed by atoms with Gasteiger partial charge in [-0.15, -0.1) is 0 Å². The van der Waals surface area contributed by atoms with Gasteiger partial charge in [-0.1, -0.05) is 23.7 Å². The first-order valence-electron chi connectivity index (χ1n) is 12.1. The number of sulfonamides is 2. The summed E-state index contributed by atoms with van der Waals surface area (Å²) in [6, 6.07) is 9.70. The van der Waals surface area contributed by atoms with Gasteiger partial charge in [-0.3, -0.25) is 0 Å². The summed E-state index contributed by atoms with van der Waals surface area (Å²) in [5.41, 5.74) is -0.476. The molecule has 3 N–H and O–H groups in total. The van der Waals surface area contributed by atoms with Gasteiger partial charge in [-0.2, -0.15) is 4.31 Å². The van der Waals surface area contributed by atoms with Crippen LogP contribution in [0, 0.1) is 5.82 Å². The zero-order valence-electron chi connectivity index (χ0n) is 20.8. The van der Waals surface area contributed by atoms with Gasteiger partial charge in [0, 0.05) is 31.7 Å². The summed E-state index contributed by atoms with van der Waals surface area (Å²) in [5, 5.41) is 13.2. The Balaban J connectivity index is 1.24. The van der Waals surface area contributed by atoms with Gasteiger partial charge in [0.15, 0.2) is 0 Å². The van der Waals surface area contributed by atoms with Crippen LogP contribution in [0.25, 0.3) is 0 Å². The summed E-state index contributed by atoms with van der Waals surface area (Å²) in [5.74, 6) is -0.457. The summed E-state index contributed by atoms with van der Waals surface area (Å²) in [4.78, 5) is -0.176. The highest BCUT2D eigenvalue weighted by molar-refractivity contribution is 7.89. The average Bonchev–Trinajstić information content (AvgIpc) is 3.30. The monoisotopic (exact) mass is 591 g/mol. The fourth-order valence-electron chi connectivity index (χ4n) is 4.68. The van der Waals surface area contributed by atoms with Crippen LogP contribution in [0.4, 0.5) is 4.39 Å². The normalized spacial score (nSPS) is 21.0. The highest BCUT2D eigenvalue weighted by atomic mass is 35.5. The third kappa shape index (κ3) is 6.48. The molecule has 0 aliphatic carbocycles. The molecule has 0 radical (unpaired) electrons. The highest BCUT2D eigenvalue weighted by Gasteiger charge is 2.45. The number of nitrogens with one attached hydrogen (secondary N) is 2. The molecule has 2 aliphatic heterocycles. The molecule has 0 saturated carbocycles. The van der Waals surface area contributed by atoms with E-state index < -0.39 is 42.6 Å². The van der Waals surface area contributed by atoms with Crippen molar-refractivity contribution in [1.29, 1.82) is 0 Å². The predicted octanol–water partition coefficient (Wildman–Crippen LogP) is 1.73. The van der Waals surface area contributed by atoms with Crippen molar-refractivity contribution in [3.05, 3.63) is 53.3 Å². The summed E-state index contributed by atoms with van der Waals surface area (Å²) in [6.45, 7) is 1.06. The van der Waals surface area contributed by atoms with E-state index in [0.717, 1.165) is 6.07 Å². The molecule has 2 aromatic carbocycles. The van der Waals surface area contributed by atoms with Gasteiger partial charge in [0.2, 0.25) is 20.0 Å². The molecule has 10 nitrogen and oxygen atoms in total. The fraction of sp³-hybridized carbons (Fsp3) is 0.500. The van der Waals surface area contributed by atoms with Crippen molar-refractivity contribution < 1.29 is 35.8 Å². The lowest BCUT2D eigenvalue weighted by Crippen LogP contribution is -2.47. The van der Waals surface area contributed by atoms with Crippen molar-refractivity contribution in [2.75, 3.05) is 39.9 Å². The number of halogens is 2. The molecule has 2 heterocycles. The topological polar surface area (TPSA) is 134 Å². The first kappa shape index (κ1) is 29.2. The number of piperidine rings is 1. The minimum atomic E-state index is -3.93. The number of nitrogens with zero attached hydrogens (tertiary/aromatic N) is 1. The molecule has 2 aromatic rings. The standard InChI is InChI=1S/C24H31ClFN3O7S2/c1-27-37(31,32)20-5-2-4-19(12-20)35-16-18(30)14-28-17-13-24(36-15-17)8-10-29(11-9-24)38(33,34)22-7-3-6-21(26)23(22)25/h2-7,12,17-18,27-28,30H,8-11,13-16H2,1H3/t17?,18-/m0/s1. The van der Waals surface area contributed by atoms with Crippen LogP contribution in [0.15, 0.2) is 52.3 Å². The molecule has 0 amide bonds. The molecule has 38 heavy (non-hydrogen) atoms. The van der Waals surface area contributed by atoms with E-state index in [9.17, 15) is 26.3 Å². The Morgan fingerprint density at radius 1 is 1.21 bits per heavy atom. The first-order chi connectivity index (χ1) is 18.0. The van der Waals surface area contributed by atoms with E-state index in [0.29, 0.717) is 31.6 Å².